The van der Waals surface area contributed by atoms with E-state index >= 15 is 0 Å². The van der Waals surface area contributed by atoms with Crippen LogP contribution >= 0.6 is 0 Å². The Morgan fingerprint density at radius 2 is 2.00 bits per heavy atom. The number of ether oxygens (including phenoxy) is 3. The van der Waals surface area contributed by atoms with E-state index in [9.17, 15) is 5.11 Å². The van der Waals surface area contributed by atoms with Crippen LogP contribution in [0.4, 0.5) is 0 Å². The summed E-state index contributed by atoms with van der Waals surface area (Å²) in [4.78, 5) is 4.09. The minimum atomic E-state index is -0.907. The molecule has 2 aliphatic rings. The van der Waals surface area contributed by atoms with Gasteiger partial charge in [0.2, 0.25) is 0 Å². The number of rotatable bonds is 2. The topological polar surface area (TPSA) is 78.1 Å². The number of hydrogen-bond acceptors (Lipinski definition) is 6. The molecule has 0 radical (unpaired) electrons. The third kappa shape index (κ3) is 3.14. The molecule has 1 aliphatic carbocycles. The van der Waals surface area contributed by atoms with Crippen LogP contribution in [0.2, 0.25) is 0 Å². The van der Waals surface area contributed by atoms with Crippen molar-refractivity contribution in [1.82, 2.24) is 14.6 Å². The molecule has 1 unspecified atom stereocenters. The summed E-state index contributed by atoms with van der Waals surface area (Å²) in [5, 5.41) is 14.5. The first kappa shape index (κ1) is 16.5. The summed E-state index contributed by atoms with van der Waals surface area (Å²) in [7, 11) is 1.66. The van der Waals surface area contributed by atoms with E-state index in [4.69, 9.17) is 14.2 Å². The van der Waals surface area contributed by atoms with Gasteiger partial charge in [-0.15, -0.1) is 0 Å². The SMILES string of the molecule is COC1(C#CC(O)c2ccc3ncnn3c2)CCC2(CC1)OCCO2. The summed E-state index contributed by atoms with van der Waals surface area (Å²) in [6.07, 6.45) is 5.22. The maximum Gasteiger partial charge on any atom is 0.168 e. The average Bonchev–Trinajstić information content (AvgIpc) is 3.30. The van der Waals surface area contributed by atoms with Gasteiger partial charge in [-0.05, 0) is 18.9 Å². The van der Waals surface area contributed by atoms with Crippen molar-refractivity contribution in [3.8, 4) is 11.8 Å². The number of hydrogen-bond donors (Lipinski definition) is 1. The van der Waals surface area contributed by atoms with Crippen molar-refractivity contribution in [3.05, 3.63) is 30.2 Å². The number of methoxy groups -OCH3 is 1. The molecule has 1 aliphatic heterocycles. The highest BCUT2D eigenvalue weighted by Gasteiger charge is 2.46. The van der Waals surface area contributed by atoms with Gasteiger partial charge < -0.3 is 19.3 Å². The predicted molar refractivity (Wildman–Crippen MR) is 88.6 cm³/mol. The smallest absolute Gasteiger partial charge is 0.168 e. The first-order valence-electron chi connectivity index (χ1n) is 8.47. The minimum Gasteiger partial charge on any atom is -0.376 e. The molecule has 7 heteroatoms. The quantitative estimate of drug-likeness (QED) is 0.832. The molecule has 0 bridgehead atoms. The molecule has 0 amide bonds. The summed E-state index contributed by atoms with van der Waals surface area (Å²) in [6.45, 7) is 1.30. The summed E-state index contributed by atoms with van der Waals surface area (Å²) in [5.41, 5.74) is 0.830. The summed E-state index contributed by atoms with van der Waals surface area (Å²) >= 11 is 0. The molecule has 0 aromatic carbocycles. The Morgan fingerprint density at radius 3 is 2.72 bits per heavy atom. The van der Waals surface area contributed by atoms with Crippen LogP contribution < -0.4 is 0 Å². The zero-order valence-electron chi connectivity index (χ0n) is 14.1. The molecule has 1 spiro atoms. The molecule has 3 heterocycles. The lowest BCUT2D eigenvalue weighted by Crippen LogP contribution is -2.44. The summed E-state index contributed by atoms with van der Waals surface area (Å²) in [5.74, 6) is 5.63. The van der Waals surface area contributed by atoms with Gasteiger partial charge in [-0.1, -0.05) is 17.9 Å². The third-order valence-corrected chi connectivity index (χ3v) is 5.07. The average molecular weight is 343 g/mol. The number of aliphatic hydroxyl groups is 1. The lowest BCUT2D eigenvalue weighted by Gasteiger charge is -2.40. The highest BCUT2D eigenvalue weighted by atomic mass is 16.7. The number of aromatic nitrogens is 3. The lowest BCUT2D eigenvalue weighted by molar-refractivity contribution is -0.198. The van der Waals surface area contributed by atoms with Crippen molar-refractivity contribution in [1.29, 1.82) is 0 Å². The number of fused-ring (bicyclic) bond motifs is 1. The maximum absolute atomic E-state index is 10.4. The van der Waals surface area contributed by atoms with Gasteiger partial charge in [-0.25, -0.2) is 9.50 Å². The molecule has 2 aromatic heterocycles. The fraction of sp³-hybridized carbons (Fsp3) is 0.556. The van der Waals surface area contributed by atoms with E-state index < -0.39 is 17.5 Å². The zero-order valence-corrected chi connectivity index (χ0v) is 14.1. The van der Waals surface area contributed by atoms with E-state index in [0.717, 1.165) is 18.5 Å². The van der Waals surface area contributed by atoms with Gasteiger partial charge in [-0.3, -0.25) is 0 Å². The molecular formula is C18H21N3O4. The Labute approximate surface area is 145 Å². The Morgan fingerprint density at radius 1 is 1.24 bits per heavy atom. The number of pyridine rings is 1. The summed E-state index contributed by atoms with van der Waals surface area (Å²) in [6, 6.07) is 3.61. The Balaban J connectivity index is 1.50. The molecule has 7 nitrogen and oxygen atoms in total. The van der Waals surface area contributed by atoms with Crippen LogP contribution in [0.5, 0.6) is 0 Å². The molecule has 2 fully saturated rings. The second-order valence-electron chi connectivity index (χ2n) is 6.50. The van der Waals surface area contributed by atoms with Crippen LogP contribution in [0.1, 0.15) is 37.4 Å². The Hall–Kier alpha value is -1.98. The van der Waals surface area contributed by atoms with Crippen molar-refractivity contribution in [2.24, 2.45) is 0 Å². The fourth-order valence-corrected chi connectivity index (χ4v) is 3.48. The Kier molecular flexibility index (Phi) is 4.21. The maximum atomic E-state index is 10.4. The van der Waals surface area contributed by atoms with E-state index in [1.165, 1.54) is 6.33 Å². The van der Waals surface area contributed by atoms with Gasteiger partial charge in [0.1, 0.15) is 18.0 Å². The van der Waals surface area contributed by atoms with Gasteiger partial charge in [0.05, 0.1) is 13.2 Å². The molecule has 1 saturated heterocycles. The van der Waals surface area contributed by atoms with Crippen molar-refractivity contribution >= 4 is 5.65 Å². The van der Waals surface area contributed by atoms with E-state index in [2.05, 4.69) is 21.9 Å². The molecule has 25 heavy (non-hydrogen) atoms. The largest absolute Gasteiger partial charge is 0.376 e. The van der Waals surface area contributed by atoms with Crippen molar-refractivity contribution < 1.29 is 19.3 Å². The van der Waals surface area contributed by atoms with Crippen molar-refractivity contribution in [2.45, 2.75) is 43.2 Å². The van der Waals surface area contributed by atoms with E-state index in [0.29, 0.717) is 31.6 Å². The highest BCUT2D eigenvalue weighted by molar-refractivity contribution is 5.39. The Bertz CT molecular complexity index is 806. The fourth-order valence-electron chi connectivity index (χ4n) is 3.48. The zero-order chi connectivity index (χ0) is 17.3. The molecular weight excluding hydrogens is 322 g/mol. The van der Waals surface area contributed by atoms with E-state index in [-0.39, 0.29) is 0 Å². The number of nitrogens with zero attached hydrogens (tertiary/aromatic N) is 3. The lowest BCUT2D eigenvalue weighted by atomic mass is 9.81. The van der Waals surface area contributed by atoms with Crippen LogP contribution in [-0.2, 0) is 14.2 Å². The predicted octanol–water partition coefficient (Wildman–Crippen LogP) is 1.47. The van der Waals surface area contributed by atoms with Gasteiger partial charge in [0, 0.05) is 31.7 Å². The molecule has 1 atom stereocenters. The molecule has 4 rings (SSSR count). The first-order chi connectivity index (χ1) is 12.1. The van der Waals surface area contributed by atoms with Crippen LogP contribution in [0.15, 0.2) is 24.7 Å². The minimum absolute atomic E-state index is 0.458. The standard InChI is InChI=1S/C18H21N3O4/c1-23-17(6-8-18(9-7-17)24-10-11-25-18)5-4-15(22)14-2-3-16-19-13-20-21(16)12-14/h2-3,12-13,15,22H,6-11H2,1H3. The normalized spacial score (nSPS) is 22.6. The van der Waals surface area contributed by atoms with Gasteiger partial charge in [0.25, 0.3) is 0 Å². The van der Waals surface area contributed by atoms with Crippen LogP contribution in [0.3, 0.4) is 0 Å². The van der Waals surface area contributed by atoms with Crippen LogP contribution in [0.25, 0.3) is 5.65 Å². The van der Waals surface area contributed by atoms with E-state index in [1.807, 2.05) is 0 Å². The highest BCUT2D eigenvalue weighted by Crippen LogP contribution is 2.41. The van der Waals surface area contributed by atoms with Crippen LogP contribution in [0, 0.1) is 11.8 Å². The first-order valence-corrected chi connectivity index (χ1v) is 8.47. The van der Waals surface area contributed by atoms with Crippen LogP contribution in [-0.4, -0.2) is 51.4 Å². The van der Waals surface area contributed by atoms with Crippen molar-refractivity contribution in [2.75, 3.05) is 20.3 Å². The third-order valence-electron chi connectivity index (χ3n) is 5.07. The number of aliphatic hydroxyl groups excluding tert-OH is 1. The second-order valence-corrected chi connectivity index (χ2v) is 6.50. The van der Waals surface area contributed by atoms with E-state index in [1.54, 1.807) is 30.0 Å². The van der Waals surface area contributed by atoms with Crippen molar-refractivity contribution in [3.63, 3.8) is 0 Å². The monoisotopic (exact) mass is 343 g/mol. The van der Waals surface area contributed by atoms with Gasteiger partial charge in [0.15, 0.2) is 11.4 Å². The van der Waals surface area contributed by atoms with Gasteiger partial charge >= 0.3 is 0 Å². The summed E-state index contributed by atoms with van der Waals surface area (Å²) < 4.78 is 18.8. The second kappa shape index (κ2) is 6.39. The molecule has 2 aromatic rings. The molecule has 1 saturated carbocycles. The molecule has 1 N–H and O–H groups in total. The van der Waals surface area contributed by atoms with Gasteiger partial charge in [-0.2, -0.15) is 5.10 Å². The molecule has 132 valence electrons.